The van der Waals surface area contributed by atoms with E-state index in [1.165, 1.54) is 6.33 Å². The Hall–Kier alpha value is -2.88. The van der Waals surface area contributed by atoms with Crippen LogP contribution in [0.25, 0.3) is 21.9 Å². The van der Waals surface area contributed by atoms with Crippen LogP contribution in [0.2, 0.25) is 5.15 Å². The zero-order chi connectivity index (χ0) is 27.1. The van der Waals surface area contributed by atoms with Crippen molar-refractivity contribution in [1.29, 1.82) is 0 Å². The number of hydrogen-bond donors (Lipinski definition) is 0. The van der Waals surface area contributed by atoms with Crippen LogP contribution in [0.4, 0.5) is 10.6 Å². The number of amides is 1. The Kier molecular flexibility index (Phi) is 7.16. The highest BCUT2D eigenvalue weighted by Gasteiger charge is 2.31. The molecule has 8 nitrogen and oxygen atoms in total. The molecule has 0 N–H and O–H groups in total. The fraction of sp³-hybridized carbons (Fsp3) is 0.448. The fourth-order valence-corrected chi connectivity index (χ4v) is 6.35. The van der Waals surface area contributed by atoms with E-state index in [0.29, 0.717) is 30.0 Å². The molecule has 2 fully saturated rings. The van der Waals surface area contributed by atoms with Crippen LogP contribution in [-0.4, -0.2) is 49.6 Å². The average molecular weight is 566 g/mol. The van der Waals surface area contributed by atoms with Gasteiger partial charge in [-0.3, -0.25) is 4.90 Å². The Bertz CT molecular complexity index is 1520. The predicted molar refractivity (Wildman–Crippen MR) is 155 cm³/mol. The van der Waals surface area contributed by atoms with Gasteiger partial charge in [0.15, 0.2) is 0 Å². The number of hydrogen-bond acceptors (Lipinski definition) is 7. The number of fused-ring (bicyclic) bond motifs is 2. The number of anilines is 1. The zero-order valence-corrected chi connectivity index (χ0v) is 23.9. The van der Waals surface area contributed by atoms with Gasteiger partial charge < -0.3 is 14.0 Å². The van der Waals surface area contributed by atoms with Gasteiger partial charge >= 0.3 is 6.09 Å². The van der Waals surface area contributed by atoms with Gasteiger partial charge in [-0.15, -0.1) is 11.8 Å². The van der Waals surface area contributed by atoms with Crippen molar-refractivity contribution in [2.24, 2.45) is 5.92 Å². The number of thioether (sulfide) groups is 1. The number of rotatable bonds is 7. The van der Waals surface area contributed by atoms with Crippen LogP contribution in [0, 0.1) is 5.92 Å². The normalized spacial score (nSPS) is 19.6. The molecule has 1 aliphatic carbocycles. The quantitative estimate of drug-likeness (QED) is 0.223. The summed E-state index contributed by atoms with van der Waals surface area (Å²) >= 11 is 8.09. The van der Waals surface area contributed by atoms with E-state index in [-0.39, 0.29) is 17.6 Å². The SMILES string of the molecule is CC(C)(C)OC(=O)N(CC1CC1)c1ccc2ccc(COC3CSC(n4ccc5c(Cl)ncnc54)C3)cc2n1. The van der Waals surface area contributed by atoms with Gasteiger partial charge in [0, 0.05) is 30.3 Å². The van der Waals surface area contributed by atoms with Crippen molar-refractivity contribution in [3.8, 4) is 0 Å². The van der Waals surface area contributed by atoms with Crippen molar-refractivity contribution in [3.05, 3.63) is 59.6 Å². The van der Waals surface area contributed by atoms with E-state index in [2.05, 4.69) is 32.7 Å². The summed E-state index contributed by atoms with van der Waals surface area (Å²) < 4.78 is 14.2. The topological polar surface area (TPSA) is 82.4 Å². The van der Waals surface area contributed by atoms with Crippen molar-refractivity contribution in [1.82, 2.24) is 19.5 Å². The molecule has 1 saturated carbocycles. The second kappa shape index (κ2) is 10.6. The number of aromatic nitrogens is 4. The standard InChI is InChI=1S/C29H32ClN5O3S/c1-29(2,3)38-28(36)35(14-18-4-5-18)24-9-8-20-7-6-19(12-23(20)33-24)15-37-21-13-25(39-16-21)34-11-10-22-26(30)31-17-32-27(22)34/h6-12,17-18,21,25H,4-5,13-16H2,1-3H3. The second-order valence-electron chi connectivity index (χ2n) is 11.3. The highest BCUT2D eigenvalue weighted by molar-refractivity contribution is 7.99. The van der Waals surface area contributed by atoms with Gasteiger partial charge in [-0.1, -0.05) is 23.7 Å². The van der Waals surface area contributed by atoms with E-state index in [4.69, 9.17) is 26.1 Å². The maximum absolute atomic E-state index is 13.0. The summed E-state index contributed by atoms with van der Waals surface area (Å²) in [5.41, 5.74) is 2.18. The third kappa shape index (κ3) is 6.00. The monoisotopic (exact) mass is 565 g/mol. The van der Waals surface area contributed by atoms with E-state index < -0.39 is 5.60 Å². The number of ether oxygens (including phenoxy) is 2. The van der Waals surface area contributed by atoms with Gasteiger partial charge in [0.1, 0.15) is 28.5 Å². The molecule has 3 aromatic heterocycles. The van der Waals surface area contributed by atoms with E-state index in [0.717, 1.165) is 52.5 Å². The molecule has 6 rings (SSSR count). The van der Waals surface area contributed by atoms with E-state index in [1.807, 2.05) is 56.9 Å². The molecule has 2 aliphatic rings. The van der Waals surface area contributed by atoms with Crippen LogP contribution in [-0.2, 0) is 16.1 Å². The smallest absolute Gasteiger partial charge is 0.416 e. The number of carbonyl (C=O) groups is 1. The lowest BCUT2D eigenvalue weighted by molar-refractivity contribution is 0.0528. The van der Waals surface area contributed by atoms with Crippen LogP contribution in [0.5, 0.6) is 0 Å². The molecule has 10 heteroatoms. The van der Waals surface area contributed by atoms with E-state index >= 15 is 0 Å². The third-order valence-electron chi connectivity index (χ3n) is 6.97. The van der Waals surface area contributed by atoms with Crippen molar-refractivity contribution in [3.63, 3.8) is 0 Å². The minimum absolute atomic E-state index is 0.131. The Balaban J connectivity index is 1.14. The summed E-state index contributed by atoms with van der Waals surface area (Å²) in [5, 5.41) is 2.61. The van der Waals surface area contributed by atoms with Gasteiger partial charge in [0.05, 0.1) is 29.0 Å². The van der Waals surface area contributed by atoms with Gasteiger partial charge in [-0.2, -0.15) is 0 Å². The third-order valence-corrected chi connectivity index (χ3v) is 8.64. The zero-order valence-electron chi connectivity index (χ0n) is 22.3. The predicted octanol–water partition coefficient (Wildman–Crippen LogP) is 7.01. The van der Waals surface area contributed by atoms with Crippen LogP contribution in [0.1, 0.15) is 51.0 Å². The van der Waals surface area contributed by atoms with Crippen molar-refractivity contribution < 1.29 is 14.3 Å². The highest BCUT2D eigenvalue weighted by Crippen LogP contribution is 2.40. The summed E-state index contributed by atoms with van der Waals surface area (Å²) in [6, 6.07) is 12.1. The molecule has 1 amide bonds. The first-order valence-corrected chi connectivity index (χ1v) is 14.8. The highest BCUT2D eigenvalue weighted by atomic mass is 35.5. The van der Waals surface area contributed by atoms with Gasteiger partial charge in [0.2, 0.25) is 0 Å². The molecule has 2 unspecified atom stereocenters. The molecule has 1 saturated heterocycles. The second-order valence-corrected chi connectivity index (χ2v) is 12.9. The van der Waals surface area contributed by atoms with Gasteiger partial charge in [-0.25, -0.2) is 19.7 Å². The van der Waals surface area contributed by atoms with Crippen LogP contribution >= 0.6 is 23.4 Å². The van der Waals surface area contributed by atoms with Crippen molar-refractivity contribution in [2.75, 3.05) is 17.2 Å². The van der Waals surface area contributed by atoms with Crippen molar-refractivity contribution >= 4 is 57.2 Å². The molecule has 2 atom stereocenters. The molecule has 1 aliphatic heterocycles. The molecular formula is C29H32ClN5O3S. The van der Waals surface area contributed by atoms with Gasteiger partial charge in [0.25, 0.3) is 0 Å². The lowest BCUT2D eigenvalue weighted by Gasteiger charge is -2.27. The molecule has 39 heavy (non-hydrogen) atoms. The molecule has 0 radical (unpaired) electrons. The summed E-state index contributed by atoms with van der Waals surface area (Å²) in [7, 11) is 0. The minimum atomic E-state index is -0.563. The maximum atomic E-state index is 13.0. The summed E-state index contributed by atoms with van der Waals surface area (Å²) in [6.07, 6.45) is 6.48. The summed E-state index contributed by atoms with van der Waals surface area (Å²) in [6.45, 7) is 6.78. The number of benzene rings is 1. The Morgan fingerprint density at radius 2 is 2.00 bits per heavy atom. The van der Waals surface area contributed by atoms with Crippen LogP contribution in [0.15, 0.2) is 48.9 Å². The summed E-state index contributed by atoms with van der Waals surface area (Å²) in [4.78, 5) is 28.1. The molecular weight excluding hydrogens is 534 g/mol. The lowest BCUT2D eigenvalue weighted by atomic mass is 10.1. The first kappa shape index (κ1) is 26.3. The summed E-state index contributed by atoms with van der Waals surface area (Å²) in [5.74, 6) is 2.04. The molecule has 0 bridgehead atoms. The maximum Gasteiger partial charge on any atom is 0.416 e. The molecule has 4 heterocycles. The molecule has 204 valence electrons. The first-order chi connectivity index (χ1) is 18.7. The fourth-order valence-electron chi connectivity index (χ4n) is 4.81. The first-order valence-electron chi connectivity index (χ1n) is 13.3. The van der Waals surface area contributed by atoms with Crippen molar-refractivity contribution in [2.45, 2.75) is 63.7 Å². The number of pyridine rings is 1. The van der Waals surface area contributed by atoms with Crippen LogP contribution in [0.3, 0.4) is 0 Å². The lowest BCUT2D eigenvalue weighted by Crippen LogP contribution is -2.38. The number of nitrogens with zero attached hydrogens (tertiary/aromatic N) is 5. The molecule has 4 aromatic rings. The van der Waals surface area contributed by atoms with Crippen LogP contribution < -0.4 is 4.90 Å². The van der Waals surface area contributed by atoms with E-state index in [1.54, 1.807) is 4.90 Å². The minimum Gasteiger partial charge on any atom is -0.443 e. The average Bonchev–Trinajstić information content (AvgIpc) is 3.41. The number of carbonyl (C=O) groups excluding carboxylic acids is 1. The Labute approximate surface area is 237 Å². The van der Waals surface area contributed by atoms with Gasteiger partial charge in [-0.05, 0) is 69.4 Å². The molecule has 0 spiro atoms. The largest absolute Gasteiger partial charge is 0.443 e. The molecule has 1 aromatic carbocycles. The Morgan fingerprint density at radius 1 is 1.18 bits per heavy atom. The number of halogens is 1. The Morgan fingerprint density at radius 3 is 2.79 bits per heavy atom. The van der Waals surface area contributed by atoms with E-state index in [9.17, 15) is 4.79 Å².